The molecule has 1 atom stereocenters. The number of rotatable bonds is 6. The van der Waals surface area contributed by atoms with E-state index in [1.807, 2.05) is 0 Å². The van der Waals surface area contributed by atoms with E-state index >= 15 is 0 Å². The van der Waals surface area contributed by atoms with E-state index in [1.54, 1.807) is 24.3 Å². The number of urea groups is 1. The van der Waals surface area contributed by atoms with Crippen LogP contribution in [0.4, 0.5) is 34.3 Å². The highest BCUT2D eigenvalue weighted by atomic mass is 35.5. The maximum absolute atomic E-state index is 13.1. The van der Waals surface area contributed by atoms with Gasteiger partial charge >= 0.3 is 18.3 Å². The number of alkyl halides is 3. The number of nitrogens with zero attached hydrogens (tertiary/aromatic N) is 3. The number of nitrogens with two attached hydrogens (primary N) is 1. The number of halogens is 4. The first-order valence-electron chi connectivity index (χ1n) is 12.3. The molecule has 2 aromatic carbocycles. The second kappa shape index (κ2) is 12.3. The van der Waals surface area contributed by atoms with Crippen molar-refractivity contribution in [1.82, 2.24) is 25.5 Å². The summed E-state index contributed by atoms with van der Waals surface area (Å²) in [5.74, 6) is -0.679. The van der Waals surface area contributed by atoms with E-state index in [-0.39, 0.29) is 30.3 Å². The Hall–Kier alpha value is -4.59. The molecule has 0 bridgehead atoms. The Morgan fingerprint density at radius 2 is 1.95 bits per heavy atom. The number of anilines is 2. The van der Waals surface area contributed by atoms with E-state index in [0.29, 0.717) is 36.2 Å². The summed E-state index contributed by atoms with van der Waals surface area (Å²) in [6, 6.07) is 8.72. The van der Waals surface area contributed by atoms with Crippen LogP contribution in [0.5, 0.6) is 0 Å². The lowest BCUT2D eigenvalue weighted by atomic mass is 10.1. The summed E-state index contributed by atoms with van der Waals surface area (Å²) in [5, 5.41) is 16.4. The Balaban J connectivity index is 1.41. The molecule has 6 N–H and O–H groups in total. The van der Waals surface area contributed by atoms with Gasteiger partial charge in [0.05, 0.1) is 22.5 Å². The molecule has 3 aromatic rings. The number of carbonyl (C=O) groups is 3. The van der Waals surface area contributed by atoms with Gasteiger partial charge in [-0.3, -0.25) is 4.79 Å². The van der Waals surface area contributed by atoms with Crippen molar-refractivity contribution in [3.8, 4) is 11.3 Å². The van der Waals surface area contributed by atoms with Gasteiger partial charge in [-0.25, -0.2) is 19.6 Å². The van der Waals surface area contributed by atoms with Crippen LogP contribution < -0.4 is 21.7 Å². The lowest BCUT2D eigenvalue weighted by Crippen LogP contribution is -2.49. The molecule has 1 saturated heterocycles. The quantitative estimate of drug-likeness (QED) is 0.280. The van der Waals surface area contributed by atoms with E-state index in [1.165, 1.54) is 17.2 Å². The summed E-state index contributed by atoms with van der Waals surface area (Å²) in [4.78, 5) is 46.1. The standard InChI is InChI=1S/C26H25ClF3N7O4/c27-19-7-6-16(10-18(19)26(28,29)30)35-24(39)33-11-14-3-1-4-15(9-14)20-12-32-22(31)21(36-20)23(38)34-17-5-2-8-37(13-17)25(40)41/h1,3-4,6-7,9-10,12,17H,2,5,8,11,13H2,(H2,31,32)(H,34,38)(H,40,41)(H2,33,35,39)/t17-/m0/s1. The number of likely N-dealkylation sites (tertiary alicyclic amines) is 1. The number of amides is 4. The normalized spacial score (nSPS) is 15.2. The predicted octanol–water partition coefficient (Wildman–Crippen LogP) is 4.59. The minimum atomic E-state index is -4.67. The van der Waals surface area contributed by atoms with Crippen molar-refractivity contribution in [3.05, 3.63) is 70.5 Å². The Morgan fingerprint density at radius 3 is 2.68 bits per heavy atom. The minimum Gasteiger partial charge on any atom is -0.465 e. The van der Waals surface area contributed by atoms with Gasteiger partial charge in [0.2, 0.25) is 0 Å². The van der Waals surface area contributed by atoms with Gasteiger partial charge in [-0.1, -0.05) is 29.8 Å². The monoisotopic (exact) mass is 591 g/mol. The highest BCUT2D eigenvalue weighted by molar-refractivity contribution is 6.31. The van der Waals surface area contributed by atoms with Crippen LogP contribution >= 0.6 is 11.6 Å². The third-order valence-corrected chi connectivity index (χ3v) is 6.58. The molecule has 1 aromatic heterocycles. The zero-order valence-electron chi connectivity index (χ0n) is 21.3. The molecule has 1 aliphatic heterocycles. The number of nitrogen functional groups attached to an aromatic ring is 1. The Kier molecular flexibility index (Phi) is 8.81. The average molecular weight is 592 g/mol. The van der Waals surface area contributed by atoms with E-state index in [0.717, 1.165) is 12.1 Å². The molecule has 4 rings (SSSR count). The second-order valence-corrected chi connectivity index (χ2v) is 9.64. The molecule has 1 aliphatic rings. The van der Waals surface area contributed by atoms with Crippen LogP contribution in [-0.2, 0) is 12.7 Å². The number of piperidine rings is 1. The number of aromatic nitrogens is 2. The van der Waals surface area contributed by atoms with Crippen LogP contribution in [0.2, 0.25) is 5.02 Å². The molecule has 0 radical (unpaired) electrons. The predicted molar refractivity (Wildman–Crippen MR) is 144 cm³/mol. The third kappa shape index (κ3) is 7.54. The first-order chi connectivity index (χ1) is 19.4. The van der Waals surface area contributed by atoms with Gasteiger partial charge in [-0.15, -0.1) is 0 Å². The summed E-state index contributed by atoms with van der Waals surface area (Å²) in [6.45, 7) is 0.571. The van der Waals surface area contributed by atoms with Crippen molar-refractivity contribution in [2.24, 2.45) is 0 Å². The molecular formula is C26H25ClF3N7O4. The number of carbonyl (C=O) groups excluding carboxylic acids is 2. The molecule has 0 unspecified atom stereocenters. The summed E-state index contributed by atoms with van der Waals surface area (Å²) >= 11 is 5.61. The van der Waals surface area contributed by atoms with Crippen LogP contribution in [0.15, 0.2) is 48.7 Å². The van der Waals surface area contributed by atoms with E-state index < -0.39 is 40.8 Å². The summed E-state index contributed by atoms with van der Waals surface area (Å²) in [7, 11) is 0. The fourth-order valence-electron chi connectivity index (χ4n) is 4.25. The molecule has 1 fully saturated rings. The number of hydrogen-bond donors (Lipinski definition) is 5. The van der Waals surface area contributed by atoms with Crippen molar-refractivity contribution in [1.29, 1.82) is 0 Å². The van der Waals surface area contributed by atoms with Crippen LogP contribution in [0.3, 0.4) is 0 Å². The molecule has 15 heteroatoms. The molecule has 0 aliphatic carbocycles. The van der Waals surface area contributed by atoms with E-state index in [4.69, 9.17) is 17.3 Å². The van der Waals surface area contributed by atoms with Crippen LogP contribution in [0.25, 0.3) is 11.3 Å². The van der Waals surface area contributed by atoms with Gasteiger partial charge in [-0.05, 0) is 42.7 Å². The van der Waals surface area contributed by atoms with Crippen molar-refractivity contribution >= 4 is 41.1 Å². The molecule has 2 heterocycles. The molecule has 11 nitrogen and oxygen atoms in total. The number of nitrogens with one attached hydrogen (secondary N) is 3. The topological polar surface area (TPSA) is 163 Å². The summed E-state index contributed by atoms with van der Waals surface area (Å²) < 4.78 is 39.2. The van der Waals surface area contributed by atoms with Crippen molar-refractivity contribution in [3.63, 3.8) is 0 Å². The number of carboxylic acid groups (broad SMARTS) is 1. The van der Waals surface area contributed by atoms with Crippen LogP contribution in [0, 0.1) is 0 Å². The van der Waals surface area contributed by atoms with Gasteiger partial charge in [0.15, 0.2) is 11.5 Å². The fraction of sp³-hybridized carbons (Fsp3) is 0.269. The molecular weight excluding hydrogens is 567 g/mol. The first-order valence-corrected chi connectivity index (χ1v) is 12.7. The summed E-state index contributed by atoms with van der Waals surface area (Å²) in [5.41, 5.74) is 6.16. The van der Waals surface area contributed by atoms with Gasteiger partial charge in [-0.2, -0.15) is 13.2 Å². The van der Waals surface area contributed by atoms with E-state index in [2.05, 4.69) is 25.9 Å². The zero-order valence-corrected chi connectivity index (χ0v) is 22.1. The molecule has 4 amide bonds. The van der Waals surface area contributed by atoms with Crippen molar-refractivity contribution in [2.75, 3.05) is 24.1 Å². The van der Waals surface area contributed by atoms with Crippen LogP contribution in [-0.4, -0.2) is 57.1 Å². The van der Waals surface area contributed by atoms with E-state index in [9.17, 15) is 32.7 Å². The van der Waals surface area contributed by atoms with Gasteiger partial charge in [0, 0.05) is 36.9 Å². The molecule has 41 heavy (non-hydrogen) atoms. The smallest absolute Gasteiger partial charge is 0.417 e. The summed E-state index contributed by atoms with van der Waals surface area (Å²) in [6.07, 6.45) is -3.14. The largest absolute Gasteiger partial charge is 0.465 e. The number of benzene rings is 2. The minimum absolute atomic E-state index is 0.0247. The lowest BCUT2D eigenvalue weighted by Gasteiger charge is -2.31. The fourth-order valence-corrected chi connectivity index (χ4v) is 4.47. The van der Waals surface area contributed by atoms with Crippen LogP contribution in [0.1, 0.15) is 34.5 Å². The average Bonchev–Trinajstić information content (AvgIpc) is 2.93. The van der Waals surface area contributed by atoms with Crippen molar-refractivity contribution < 1.29 is 32.7 Å². The zero-order chi connectivity index (χ0) is 29.7. The maximum atomic E-state index is 13.1. The number of hydrogen-bond acceptors (Lipinski definition) is 6. The van der Waals surface area contributed by atoms with Gasteiger partial charge in [0.25, 0.3) is 5.91 Å². The lowest BCUT2D eigenvalue weighted by molar-refractivity contribution is -0.137. The Morgan fingerprint density at radius 1 is 1.17 bits per heavy atom. The third-order valence-electron chi connectivity index (χ3n) is 6.25. The van der Waals surface area contributed by atoms with Crippen molar-refractivity contribution in [2.45, 2.75) is 31.6 Å². The maximum Gasteiger partial charge on any atom is 0.417 e. The Labute approximate surface area is 236 Å². The second-order valence-electron chi connectivity index (χ2n) is 9.23. The van der Waals surface area contributed by atoms with Gasteiger partial charge < -0.3 is 31.7 Å². The Bertz CT molecular complexity index is 1470. The SMILES string of the molecule is Nc1ncc(-c2cccc(CNC(=O)Nc3ccc(Cl)c(C(F)(F)F)c3)c2)nc1C(=O)N[C@H]1CCCN(C(=O)O)C1. The first kappa shape index (κ1) is 29.4. The molecule has 0 saturated carbocycles. The highest BCUT2D eigenvalue weighted by Crippen LogP contribution is 2.36. The van der Waals surface area contributed by atoms with Gasteiger partial charge in [0.1, 0.15) is 0 Å². The highest BCUT2D eigenvalue weighted by Gasteiger charge is 2.33. The molecule has 0 spiro atoms. The molecule has 216 valence electrons.